The molecular weight excluding hydrogens is 406 g/mol. The number of oxazole rings is 1. The molecule has 5 nitrogen and oxygen atoms in total. The number of thiophene rings is 1. The lowest BCUT2D eigenvalue weighted by Crippen LogP contribution is -2.29. The van der Waals surface area contributed by atoms with Crippen LogP contribution in [0.2, 0.25) is 0 Å². The van der Waals surface area contributed by atoms with Gasteiger partial charge < -0.3 is 14.6 Å². The van der Waals surface area contributed by atoms with E-state index in [9.17, 15) is 4.79 Å². The Hall–Kier alpha value is -3.38. The maximum Gasteiger partial charge on any atom is 0.230 e. The summed E-state index contributed by atoms with van der Waals surface area (Å²) in [6.45, 7) is 3.81. The Morgan fingerprint density at radius 2 is 1.94 bits per heavy atom. The first kappa shape index (κ1) is 19.6. The quantitative estimate of drug-likeness (QED) is 0.458. The number of fused-ring (bicyclic) bond motifs is 1. The van der Waals surface area contributed by atoms with Crippen molar-refractivity contribution in [2.45, 2.75) is 26.3 Å². The first-order chi connectivity index (χ1) is 15.2. The summed E-state index contributed by atoms with van der Waals surface area (Å²) < 4.78 is 5.76. The van der Waals surface area contributed by atoms with E-state index in [2.05, 4.69) is 38.8 Å². The van der Waals surface area contributed by atoms with Crippen molar-refractivity contribution in [3.05, 3.63) is 87.9 Å². The van der Waals surface area contributed by atoms with E-state index in [-0.39, 0.29) is 12.3 Å². The van der Waals surface area contributed by atoms with Crippen LogP contribution in [0, 0.1) is 6.92 Å². The number of carbonyl (C=O) groups is 1. The number of rotatable bonds is 5. The Labute approximate surface area is 185 Å². The second-order valence-corrected chi connectivity index (χ2v) is 8.70. The highest BCUT2D eigenvalue weighted by atomic mass is 32.1. The number of aromatic nitrogens is 1. The van der Waals surface area contributed by atoms with Gasteiger partial charge in [0, 0.05) is 34.9 Å². The average molecular weight is 430 g/mol. The minimum absolute atomic E-state index is 0.107. The number of benzene rings is 2. The molecule has 31 heavy (non-hydrogen) atoms. The van der Waals surface area contributed by atoms with E-state index in [1.807, 2.05) is 60.7 Å². The van der Waals surface area contributed by atoms with Crippen molar-refractivity contribution >= 4 is 28.6 Å². The number of aryl methyl sites for hydroxylation is 1. The van der Waals surface area contributed by atoms with Gasteiger partial charge in [0.25, 0.3) is 0 Å². The van der Waals surface area contributed by atoms with E-state index < -0.39 is 0 Å². The van der Waals surface area contributed by atoms with Crippen LogP contribution in [0.3, 0.4) is 0 Å². The van der Waals surface area contributed by atoms with E-state index in [1.165, 1.54) is 16.1 Å². The molecule has 1 amide bonds. The molecule has 0 aliphatic carbocycles. The van der Waals surface area contributed by atoms with E-state index in [0.717, 1.165) is 30.8 Å². The molecule has 0 fully saturated rings. The zero-order valence-corrected chi connectivity index (χ0v) is 18.1. The van der Waals surface area contributed by atoms with Crippen LogP contribution >= 0.6 is 11.3 Å². The van der Waals surface area contributed by atoms with Crippen LogP contribution in [-0.4, -0.2) is 17.4 Å². The second kappa shape index (κ2) is 8.40. The van der Waals surface area contributed by atoms with Gasteiger partial charge in [-0.15, -0.1) is 11.3 Å². The van der Waals surface area contributed by atoms with Gasteiger partial charge in [-0.3, -0.25) is 4.79 Å². The molecule has 0 atom stereocenters. The van der Waals surface area contributed by atoms with Crippen molar-refractivity contribution < 1.29 is 9.21 Å². The highest BCUT2D eigenvalue weighted by Gasteiger charge is 2.18. The predicted molar refractivity (Wildman–Crippen MR) is 125 cm³/mol. The van der Waals surface area contributed by atoms with Crippen LogP contribution in [0.15, 0.2) is 70.5 Å². The third-order valence-corrected chi connectivity index (χ3v) is 6.59. The Balaban J connectivity index is 1.22. The summed E-state index contributed by atoms with van der Waals surface area (Å²) in [4.78, 5) is 21.0. The van der Waals surface area contributed by atoms with Gasteiger partial charge in [0.05, 0.1) is 12.1 Å². The number of hydrogen-bond acceptors (Lipinski definition) is 5. The molecule has 1 N–H and O–H groups in total. The molecular formula is C25H23N3O2S. The summed E-state index contributed by atoms with van der Waals surface area (Å²) >= 11 is 1.85. The molecule has 0 bridgehead atoms. The smallest absolute Gasteiger partial charge is 0.230 e. The van der Waals surface area contributed by atoms with Crippen LogP contribution in [0.1, 0.15) is 21.9 Å². The molecule has 2 aromatic carbocycles. The molecule has 3 heterocycles. The first-order valence-electron chi connectivity index (χ1n) is 10.4. The van der Waals surface area contributed by atoms with E-state index in [0.29, 0.717) is 17.3 Å². The molecule has 1 aliphatic heterocycles. The maximum absolute atomic E-state index is 12.6. The Morgan fingerprint density at radius 3 is 2.74 bits per heavy atom. The number of nitrogens with one attached hydrogen (secondary N) is 1. The molecule has 156 valence electrons. The fourth-order valence-electron chi connectivity index (χ4n) is 3.88. The molecule has 4 aromatic rings. The first-order valence-corrected chi connectivity index (χ1v) is 11.3. The van der Waals surface area contributed by atoms with Crippen molar-refractivity contribution in [1.82, 2.24) is 4.98 Å². The van der Waals surface area contributed by atoms with E-state index in [1.54, 1.807) is 0 Å². The number of anilines is 2. The average Bonchev–Trinajstić information content (AvgIpc) is 3.41. The second-order valence-electron chi connectivity index (χ2n) is 7.70. The van der Waals surface area contributed by atoms with Gasteiger partial charge in [-0.1, -0.05) is 18.2 Å². The number of hydrogen-bond donors (Lipinski definition) is 1. The van der Waals surface area contributed by atoms with Gasteiger partial charge in [0.15, 0.2) is 0 Å². The van der Waals surface area contributed by atoms with Crippen LogP contribution in [0.5, 0.6) is 0 Å². The Bertz CT molecular complexity index is 1200. The molecule has 0 saturated carbocycles. The largest absolute Gasteiger partial charge is 0.441 e. The van der Waals surface area contributed by atoms with Crippen LogP contribution in [0.25, 0.3) is 11.5 Å². The summed E-state index contributed by atoms with van der Waals surface area (Å²) in [5, 5.41) is 5.14. The molecule has 0 radical (unpaired) electrons. The Kier molecular flexibility index (Phi) is 5.30. The summed E-state index contributed by atoms with van der Waals surface area (Å²) in [5.41, 5.74) is 4.94. The third-order valence-electron chi connectivity index (χ3n) is 5.57. The van der Waals surface area contributed by atoms with Crippen molar-refractivity contribution in [1.29, 1.82) is 0 Å². The van der Waals surface area contributed by atoms with Gasteiger partial charge in [-0.25, -0.2) is 4.98 Å². The van der Waals surface area contributed by atoms with Crippen molar-refractivity contribution in [3.63, 3.8) is 0 Å². The minimum Gasteiger partial charge on any atom is -0.441 e. The van der Waals surface area contributed by atoms with Crippen LogP contribution in [0.4, 0.5) is 11.4 Å². The topological polar surface area (TPSA) is 58.4 Å². The third kappa shape index (κ3) is 4.25. The lowest BCUT2D eigenvalue weighted by atomic mass is 10.1. The van der Waals surface area contributed by atoms with Gasteiger partial charge in [0.1, 0.15) is 5.76 Å². The summed E-state index contributed by atoms with van der Waals surface area (Å²) in [6.07, 6.45) is 1.27. The summed E-state index contributed by atoms with van der Waals surface area (Å²) in [5.74, 6) is 1.10. The van der Waals surface area contributed by atoms with Crippen molar-refractivity contribution in [3.8, 4) is 11.5 Å². The molecule has 0 spiro atoms. The number of carbonyl (C=O) groups excluding carboxylic acids is 1. The molecule has 0 saturated heterocycles. The van der Waals surface area contributed by atoms with Crippen LogP contribution in [-0.2, 0) is 24.2 Å². The zero-order valence-electron chi connectivity index (χ0n) is 17.3. The van der Waals surface area contributed by atoms with Gasteiger partial charge in [0.2, 0.25) is 11.8 Å². The fraction of sp³-hybridized carbons (Fsp3) is 0.200. The minimum atomic E-state index is -0.107. The van der Waals surface area contributed by atoms with E-state index in [4.69, 9.17) is 4.42 Å². The van der Waals surface area contributed by atoms with Gasteiger partial charge >= 0.3 is 0 Å². The lowest BCUT2D eigenvalue weighted by Gasteiger charge is -2.29. The number of amides is 1. The molecule has 6 heteroatoms. The Morgan fingerprint density at radius 1 is 1.13 bits per heavy atom. The standard InChI is InChI=1S/C25H23N3O2S/c1-17-22(27-25(30-17)18-5-3-2-4-6-18)15-24(29)26-20-7-9-21(10-8-20)28-13-11-23-19(16-28)12-14-31-23/h2-10,12,14H,11,13,15-16H2,1H3,(H,26,29). The molecule has 1 aliphatic rings. The maximum atomic E-state index is 12.6. The lowest BCUT2D eigenvalue weighted by molar-refractivity contribution is -0.115. The monoisotopic (exact) mass is 429 g/mol. The van der Waals surface area contributed by atoms with E-state index >= 15 is 0 Å². The SMILES string of the molecule is Cc1oc(-c2ccccc2)nc1CC(=O)Nc1ccc(N2CCc3sccc3C2)cc1. The van der Waals surface area contributed by atoms with Crippen molar-refractivity contribution in [2.75, 3.05) is 16.8 Å². The summed E-state index contributed by atoms with van der Waals surface area (Å²) in [6, 6.07) is 20.0. The normalized spacial score (nSPS) is 13.1. The predicted octanol–water partition coefficient (Wildman–Crippen LogP) is 5.46. The molecule has 2 aromatic heterocycles. The van der Waals surface area contributed by atoms with Crippen molar-refractivity contribution in [2.24, 2.45) is 0 Å². The van der Waals surface area contributed by atoms with Gasteiger partial charge in [-0.2, -0.15) is 0 Å². The zero-order chi connectivity index (χ0) is 21.2. The summed E-state index contributed by atoms with van der Waals surface area (Å²) in [7, 11) is 0. The fourth-order valence-corrected chi connectivity index (χ4v) is 4.77. The van der Waals surface area contributed by atoms with Crippen LogP contribution < -0.4 is 10.2 Å². The number of nitrogens with zero attached hydrogens (tertiary/aromatic N) is 2. The van der Waals surface area contributed by atoms with Gasteiger partial charge in [-0.05, 0) is 66.8 Å². The molecule has 5 rings (SSSR count). The highest BCUT2D eigenvalue weighted by molar-refractivity contribution is 7.10. The molecule has 0 unspecified atom stereocenters. The highest BCUT2D eigenvalue weighted by Crippen LogP contribution is 2.28.